The number of carbonyl (C=O) groups excluding carboxylic acids is 1. The number of aromatic amines is 1. The lowest BCUT2D eigenvalue weighted by Crippen LogP contribution is -2.37. The second kappa shape index (κ2) is 5.40. The normalized spacial score (nSPS) is 12.1. The standard InChI is InChI=1S/C8H13N5OS/c1-2-5(3-7(9)15)11-8(14)6-4-10-13-12-6/h4-5H,2-3H2,1H3,(H2,9,15)(H,11,14)(H,10,12,13). The van der Waals surface area contributed by atoms with Crippen molar-refractivity contribution in [3.63, 3.8) is 0 Å². The van der Waals surface area contributed by atoms with Gasteiger partial charge < -0.3 is 11.1 Å². The minimum absolute atomic E-state index is 0.0494. The number of amides is 1. The highest BCUT2D eigenvalue weighted by atomic mass is 32.1. The van der Waals surface area contributed by atoms with Crippen molar-refractivity contribution >= 4 is 23.1 Å². The maximum atomic E-state index is 11.5. The fraction of sp³-hybridized carbons (Fsp3) is 0.500. The van der Waals surface area contributed by atoms with Crippen molar-refractivity contribution in [1.29, 1.82) is 0 Å². The lowest BCUT2D eigenvalue weighted by atomic mass is 10.1. The van der Waals surface area contributed by atoms with Gasteiger partial charge in [-0.15, -0.1) is 0 Å². The zero-order valence-electron chi connectivity index (χ0n) is 8.36. The molecule has 0 saturated carbocycles. The first kappa shape index (κ1) is 11.6. The van der Waals surface area contributed by atoms with E-state index in [2.05, 4.69) is 20.7 Å². The third-order valence-corrected chi connectivity index (χ3v) is 2.09. The molecule has 1 heterocycles. The second-order valence-corrected chi connectivity index (χ2v) is 3.63. The first-order valence-corrected chi connectivity index (χ1v) is 4.99. The van der Waals surface area contributed by atoms with Crippen LogP contribution in [0.2, 0.25) is 0 Å². The Balaban J connectivity index is 2.52. The summed E-state index contributed by atoms with van der Waals surface area (Å²) in [4.78, 5) is 11.9. The van der Waals surface area contributed by atoms with E-state index < -0.39 is 0 Å². The number of rotatable bonds is 5. The van der Waals surface area contributed by atoms with E-state index in [0.29, 0.717) is 11.4 Å². The number of nitrogens with zero attached hydrogens (tertiary/aromatic N) is 2. The average Bonchev–Trinajstić information content (AvgIpc) is 2.68. The van der Waals surface area contributed by atoms with E-state index >= 15 is 0 Å². The molecule has 0 aliphatic rings. The summed E-state index contributed by atoms with van der Waals surface area (Å²) in [5.74, 6) is -0.271. The molecule has 1 amide bonds. The van der Waals surface area contributed by atoms with Gasteiger partial charge in [0.2, 0.25) is 0 Å². The molecule has 1 atom stereocenters. The van der Waals surface area contributed by atoms with E-state index in [4.69, 9.17) is 18.0 Å². The number of H-pyrrole nitrogens is 1. The van der Waals surface area contributed by atoms with Crippen molar-refractivity contribution in [2.45, 2.75) is 25.8 Å². The summed E-state index contributed by atoms with van der Waals surface area (Å²) in [5.41, 5.74) is 5.67. The van der Waals surface area contributed by atoms with Crippen LogP contribution in [-0.2, 0) is 0 Å². The fourth-order valence-electron chi connectivity index (χ4n) is 1.11. The van der Waals surface area contributed by atoms with Gasteiger partial charge in [-0.3, -0.25) is 4.79 Å². The van der Waals surface area contributed by atoms with Gasteiger partial charge in [0, 0.05) is 12.5 Å². The van der Waals surface area contributed by atoms with Gasteiger partial charge in [0.1, 0.15) is 0 Å². The maximum Gasteiger partial charge on any atom is 0.273 e. The molecule has 0 spiro atoms. The van der Waals surface area contributed by atoms with E-state index in [1.54, 1.807) is 0 Å². The lowest BCUT2D eigenvalue weighted by Gasteiger charge is -2.14. The predicted octanol–water partition coefficient (Wildman–Crippen LogP) is -0.0107. The third kappa shape index (κ3) is 3.62. The molecule has 0 bridgehead atoms. The molecule has 1 aromatic rings. The Labute approximate surface area is 92.6 Å². The molecule has 1 aromatic heterocycles. The molecule has 7 heteroatoms. The molecule has 0 aliphatic carbocycles. The first-order chi connectivity index (χ1) is 7.13. The molecule has 4 N–H and O–H groups in total. The number of nitrogens with two attached hydrogens (primary N) is 1. The summed E-state index contributed by atoms with van der Waals surface area (Å²) in [6, 6.07) is -0.0494. The predicted molar refractivity (Wildman–Crippen MR) is 59.3 cm³/mol. The van der Waals surface area contributed by atoms with Crippen molar-refractivity contribution in [2.24, 2.45) is 5.73 Å². The van der Waals surface area contributed by atoms with Gasteiger partial charge in [0.15, 0.2) is 5.69 Å². The van der Waals surface area contributed by atoms with Crippen LogP contribution in [0.25, 0.3) is 0 Å². The van der Waals surface area contributed by atoms with Gasteiger partial charge in [0.25, 0.3) is 5.91 Å². The highest BCUT2D eigenvalue weighted by molar-refractivity contribution is 7.80. The smallest absolute Gasteiger partial charge is 0.273 e. The van der Waals surface area contributed by atoms with E-state index in [-0.39, 0.29) is 17.6 Å². The van der Waals surface area contributed by atoms with Gasteiger partial charge in [-0.05, 0) is 6.42 Å². The van der Waals surface area contributed by atoms with Crippen LogP contribution in [0.15, 0.2) is 6.20 Å². The van der Waals surface area contributed by atoms with Crippen LogP contribution in [0.5, 0.6) is 0 Å². The number of hydrogen-bond acceptors (Lipinski definition) is 4. The Bertz CT molecular complexity index is 337. The average molecular weight is 227 g/mol. The van der Waals surface area contributed by atoms with E-state index in [1.807, 2.05) is 6.92 Å². The molecule has 0 aromatic carbocycles. The molecule has 0 saturated heterocycles. The molecule has 15 heavy (non-hydrogen) atoms. The van der Waals surface area contributed by atoms with Crippen LogP contribution in [0.3, 0.4) is 0 Å². The molecule has 82 valence electrons. The van der Waals surface area contributed by atoms with Gasteiger partial charge in [-0.25, -0.2) is 0 Å². The zero-order chi connectivity index (χ0) is 11.3. The summed E-state index contributed by atoms with van der Waals surface area (Å²) < 4.78 is 0. The van der Waals surface area contributed by atoms with Crippen molar-refractivity contribution in [3.8, 4) is 0 Å². The summed E-state index contributed by atoms with van der Waals surface area (Å²) in [5, 5.41) is 12.4. The molecular formula is C8H13N5OS. The van der Waals surface area contributed by atoms with Gasteiger partial charge in [-0.2, -0.15) is 15.4 Å². The Morgan fingerprint density at radius 1 is 1.80 bits per heavy atom. The molecule has 1 rings (SSSR count). The molecule has 0 aliphatic heterocycles. The Hall–Kier alpha value is -1.50. The lowest BCUT2D eigenvalue weighted by molar-refractivity contribution is 0.0932. The third-order valence-electron chi connectivity index (χ3n) is 1.92. The SMILES string of the molecule is CCC(CC(N)=S)NC(=O)c1cn[nH]n1. The van der Waals surface area contributed by atoms with Crippen molar-refractivity contribution in [1.82, 2.24) is 20.7 Å². The quantitative estimate of drug-likeness (QED) is 0.615. The van der Waals surface area contributed by atoms with E-state index in [1.165, 1.54) is 6.20 Å². The number of nitrogens with one attached hydrogen (secondary N) is 2. The fourth-order valence-corrected chi connectivity index (χ4v) is 1.31. The summed E-state index contributed by atoms with van der Waals surface area (Å²) in [6.07, 6.45) is 2.62. The van der Waals surface area contributed by atoms with Crippen molar-refractivity contribution < 1.29 is 4.79 Å². The topological polar surface area (TPSA) is 96.7 Å². The largest absolute Gasteiger partial charge is 0.393 e. The number of thiocarbonyl (C=S) groups is 1. The van der Waals surface area contributed by atoms with Crippen molar-refractivity contribution in [3.05, 3.63) is 11.9 Å². The van der Waals surface area contributed by atoms with Crippen LogP contribution < -0.4 is 11.1 Å². The Morgan fingerprint density at radius 2 is 2.53 bits per heavy atom. The van der Waals surface area contributed by atoms with Crippen LogP contribution in [0, 0.1) is 0 Å². The molecule has 6 nitrogen and oxygen atoms in total. The summed E-state index contributed by atoms with van der Waals surface area (Å²) >= 11 is 4.78. The summed E-state index contributed by atoms with van der Waals surface area (Å²) in [6.45, 7) is 1.95. The number of hydrogen-bond donors (Lipinski definition) is 3. The molecule has 0 radical (unpaired) electrons. The van der Waals surface area contributed by atoms with E-state index in [0.717, 1.165) is 6.42 Å². The second-order valence-electron chi connectivity index (χ2n) is 3.10. The van der Waals surface area contributed by atoms with Crippen LogP contribution in [-0.4, -0.2) is 32.3 Å². The van der Waals surface area contributed by atoms with Crippen LogP contribution in [0.4, 0.5) is 0 Å². The first-order valence-electron chi connectivity index (χ1n) is 4.58. The van der Waals surface area contributed by atoms with Gasteiger partial charge >= 0.3 is 0 Å². The monoisotopic (exact) mass is 227 g/mol. The number of aromatic nitrogens is 3. The van der Waals surface area contributed by atoms with E-state index in [9.17, 15) is 4.79 Å². The molecular weight excluding hydrogens is 214 g/mol. The highest BCUT2D eigenvalue weighted by Crippen LogP contribution is 1.99. The van der Waals surface area contributed by atoms with Crippen LogP contribution in [0.1, 0.15) is 30.3 Å². The zero-order valence-corrected chi connectivity index (χ0v) is 9.17. The van der Waals surface area contributed by atoms with Crippen molar-refractivity contribution in [2.75, 3.05) is 0 Å². The highest BCUT2D eigenvalue weighted by Gasteiger charge is 2.14. The van der Waals surface area contributed by atoms with Crippen LogP contribution >= 0.6 is 12.2 Å². The summed E-state index contributed by atoms with van der Waals surface area (Å²) in [7, 11) is 0. The van der Waals surface area contributed by atoms with Gasteiger partial charge in [-0.1, -0.05) is 19.1 Å². The minimum Gasteiger partial charge on any atom is -0.393 e. The van der Waals surface area contributed by atoms with Gasteiger partial charge in [0.05, 0.1) is 11.2 Å². The Kier molecular flexibility index (Phi) is 4.17. The maximum absolute atomic E-state index is 11.5. The minimum atomic E-state index is -0.271. The number of carbonyl (C=O) groups is 1. The molecule has 1 unspecified atom stereocenters. The Morgan fingerprint density at radius 3 is 3.00 bits per heavy atom. The molecule has 0 fully saturated rings.